The highest BCUT2D eigenvalue weighted by Crippen LogP contribution is 2.33. The summed E-state index contributed by atoms with van der Waals surface area (Å²) in [6.45, 7) is 17.0. The van der Waals surface area contributed by atoms with Crippen molar-refractivity contribution >= 4 is 0 Å². The number of nitrogens with one attached hydrogen (secondary N) is 1. The molecule has 1 N–H and O–H groups in total. The minimum absolute atomic E-state index is 0.0945. The van der Waals surface area contributed by atoms with E-state index in [2.05, 4.69) is 72.0 Å². The minimum atomic E-state index is -0.205. The third-order valence-electron chi connectivity index (χ3n) is 3.13. The van der Waals surface area contributed by atoms with Crippen molar-refractivity contribution in [2.75, 3.05) is 13.1 Å². The molecule has 0 saturated carbocycles. The second-order valence-corrected chi connectivity index (χ2v) is 6.89. The molecular weight excluding hydrogens is 234 g/mol. The van der Waals surface area contributed by atoms with Gasteiger partial charge >= 0.3 is 0 Å². The molecule has 0 spiro atoms. The highest BCUT2D eigenvalue weighted by molar-refractivity contribution is 5.41. The van der Waals surface area contributed by atoms with Crippen LogP contribution < -0.4 is 10.1 Å². The summed E-state index contributed by atoms with van der Waals surface area (Å²) < 4.78 is 6.28. The number of benzene rings is 1. The molecule has 19 heavy (non-hydrogen) atoms. The molecular formula is C17H29NO. The maximum atomic E-state index is 6.28. The summed E-state index contributed by atoms with van der Waals surface area (Å²) in [4.78, 5) is 0. The van der Waals surface area contributed by atoms with Gasteiger partial charge in [-0.3, -0.25) is 0 Å². The molecule has 0 bridgehead atoms. The second kappa shape index (κ2) is 5.96. The van der Waals surface area contributed by atoms with Crippen LogP contribution in [0, 0.1) is 6.92 Å². The van der Waals surface area contributed by atoms with Crippen molar-refractivity contribution in [1.82, 2.24) is 5.32 Å². The fourth-order valence-corrected chi connectivity index (χ4v) is 2.09. The lowest BCUT2D eigenvalue weighted by molar-refractivity contribution is 0.106. The van der Waals surface area contributed by atoms with Crippen LogP contribution in [0.3, 0.4) is 0 Å². The number of hydrogen-bond donors (Lipinski definition) is 1. The Hall–Kier alpha value is -1.02. The van der Waals surface area contributed by atoms with Crippen molar-refractivity contribution in [3.05, 3.63) is 29.3 Å². The van der Waals surface area contributed by atoms with Crippen LogP contribution in [0.15, 0.2) is 18.2 Å². The molecule has 0 radical (unpaired) electrons. The quantitative estimate of drug-likeness (QED) is 0.865. The van der Waals surface area contributed by atoms with E-state index in [-0.39, 0.29) is 11.0 Å². The molecule has 0 fully saturated rings. The second-order valence-electron chi connectivity index (χ2n) is 6.89. The molecule has 0 unspecified atom stereocenters. The summed E-state index contributed by atoms with van der Waals surface area (Å²) in [6, 6.07) is 6.49. The molecule has 0 amide bonds. The van der Waals surface area contributed by atoms with Gasteiger partial charge in [0.05, 0.1) is 0 Å². The highest BCUT2D eigenvalue weighted by atomic mass is 16.5. The van der Waals surface area contributed by atoms with Gasteiger partial charge in [-0.25, -0.2) is 0 Å². The number of ether oxygens (including phenoxy) is 1. The van der Waals surface area contributed by atoms with Gasteiger partial charge in [-0.15, -0.1) is 0 Å². The normalized spacial score (nSPS) is 12.6. The Labute approximate surface area is 118 Å². The van der Waals surface area contributed by atoms with E-state index in [4.69, 9.17) is 4.74 Å². The standard InChI is InChI=1S/C17H29NO/c1-8-18-12-17(6,7)19-15-11-13(2)9-10-14(15)16(3,4)5/h9-11,18H,8,12H2,1-7H3. The van der Waals surface area contributed by atoms with Crippen LogP contribution in [0.4, 0.5) is 0 Å². The number of rotatable bonds is 5. The molecule has 1 rings (SSSR count). The first kappa shape index (κ1) is 16.0. The van der Waals surface area contributed by atoms with Gasteiger partial charge in [0.25, 0.3) is 0 Å². The molecule has 0 saturated heterocycles. The van der Waals surface area contributed by atoms with E-state index in [1.165, 1.54) is 11.1 Å². The van der Waals surface area contributed by atoms with Crippen molar-refractivity contribution in [2.45, 2.75) is 59.5 Å². The van der Waals surface area contributed by atoms with E-state index in [1.807, 2.05) is 0 Å². The third kappa shape index (κ3) is 4.87. The first-order valence-electron chi connectivity index (χ1n) is 7.16. The lowest BCUT2D eigenvalue weighted by Gasteiger charge is -2.31. The summed E-state index contributed by atoms with van der Waals surface area (Å²) in [5, 5.41) is 3.36. The molecule has 0 aliphatic heterocycles. The van der Waals surface area contributed by atoms with Gasteiger partial charge in [0.1, 0.15) is 11.4 Å². The topological polar surface area (TPSA) is 21.3 Å². The molecule has 108 valence electrons. The van der Waals surface area contributed by atoms with Gasteiger partial charge < -0.3 is 10.1 Å². The van der Waals surface area contributed by atoms with Crippen LogP contribution in [0.5, 0.6) is 5.75 Å². The third-order valence-corrected chi connectivity index (χ3v) is 3.13. The molecule has 2 heteroatoms. The Morgan fingerprint density at radius 1 is 1.11 bits per heavy atom. The van der Waals surface area contributed by atoms with E-state index in [0.29, 0.717) is 0 Å². The van der Waals surface area contributed by atoms with Gasteiger partial charge in [-0.1, -0.05) is 39.8 Å². The van der Waals surface area contributed by atoms with Crippen molar-refractivity contribution in [3.63, 3.8) is 0 Å². The number of hydrogen-bond acceptors (Lipinski definition) is 2. The first-order valence-corrected chi connectivity index (χ1v) is 7.16. The smallest absolute Gasteiger partial charge is 0.124 e. The van der Waals surface area contributed by atoms with E-state index in [1.54, 1.807) is 0 Å². The summed E-state index contributed by atoms with van der Waals surface area (Å²) in [7, 11) is 0. The Bertz CT molecular complexity index is 416. The lowest BCUT2D eigenvalue weighted by atomic mass is 9.85. The zero-order valence-electron chi connectivity index (χ0n) is 13.6. The summed E-state index contributed by atoms with van der Waals surface area (Å²) in [5.74, 6) is 1.01. The first-order chi connectivity index (χ1) is 8.65. The minimum Gasteiger partial charge on any atom is -0.486 e. The van der Waals surface area contributed by atoms with Crippen LogP contribution in [-0.4, -0.2) is 18.7 Å². The van der Waals surface area contributed by atoms with E-state index in [9.17, 15) is 0 Å². The Balaban J connectivity index is 3.02. The molecule has 1 aromatic carbocycles. The fourth-order valence-electron chi connectivity index (χ4n) is 2.09. The van der Waals surface area contributed by atoms with Crippen LogP contribution in [0.1, 0.15) is 52.7 Å². The average Bonchev–Trinajstić information content (AvgIpc) is 2.24. The van der Waals surface area contributed by atoms with Gasteiger partial charge in [-0.05, 0) is 49.9 Å². The lowest BCUT2D eigenvalue weighted by Crippen LogP contribution is -2.40. The monoisotopic (exact) mass is 263 g/mol. The molecule has 0 heterocycles. The largest absolute Gasteiger partial charge is 0.486 e. The van der Waals surface area contributed by atoms with Gasteiger partial charge in [0, 0.05) is 6.54 Å². The van der Waals surface area contributed by atoms with Crippen LogP contribution in [-0.2, 0) is 5.41 Å². The zero-order valence-corrected chi connectivity index (χ0v) is 13.6. The van der Waals surface area contributed by atoms with Crippen molar-refractivity contribution in [3.8, 4) is 5.75 Å². The van der Waals surface area contributed by atoms with E-state index in [0.717, 1.165) is 18.8 Å². The summed E-state index contributed by atoms with van der Waals surface area (Å²) >= 11 is 0. The Kier molecular flexibility index (Phi) is 5.03. The van der Waals surface area contributed by atoms with Gasteiger partial charge in [0.15, 0.2) is 0 Å². The maximum absolute atomic E-state index is 6.28. The van der Waals surface area contributed by atoms with Crippen LogP contribution in [0.25, 0.3) is 0 Å². The van der Waals surface area contributed by atoms with E-state index >= 15 is 0 Å². The van der Waals surface area contributed by atoms with Crippen molar-refractivity contribution in [2.24, 2.45) is 0 Å². The number of likely N-dealkylation sites (N-methyl/N-ethyl adjacent to an activating group) is 1. The predicted octanol–water partition coefficient (Wildman–Crippen LogP) is 4.06. The Morgan fingerprint density at radius 2 is 1.74 bits per heavy atom. The van der Waals surface area contributed by atoms with Gasteiger partial charge in [-0.2, -0.15) is 0 Å². The highest BCUT2D eigenvalue weighted by Gasteiger charge is 2.24. The molecule has 1 aromatic rings. The molecule has 0 aliphatic rings. The summed E-state index contributed by atoms with van der Waals surface area (Å²) in [5.41, 5.74) is 2.39. The average molecular weight is 263 g/mol. The SMILES string of the molecule is CCNCC(C)(C)Oc1cc(C)ccc1C(C)(C)C. The molecule has 0 atom stereocenters. The predicted molar refractivity (Wildman–Crippen MR) is 83.1 cm³/mol. The van der Waals surface area contributed by atoms with Crippen LogP contribution >= 0.6 is 0 Å². The van der Waals surface area contributed by atoms with Crippen LogP contribution in [0.2, 0.25) is 0 Å². The summed E-state index contributed by atoms with van der Waals surface area (Å²) in [6.07, 6.45) is 0. The number of aryl methyl sites for hydroxylation is 1. The Morgan fingerprint density at radius 3 is 2.26 bits per heavy atom. The van der Waals surface area contributed by atoms with Crippen molar-refractivity contribution in [1.29, 1.82) is 0 Å². The molecule has 0 aromatic heterocycles. The van der Waals surface area contributed by atoms with Gasteiger partial charge in [0.2, 0.25) is 0 Å². The van der Waals surface area contributed by atoms with Crippen molar-refractivity contribution < 1.29 is 4.74 Å². The molecule has 0 aliphatic carbocycles. The van der Waals surface area contributed by atoms with E-state index < -0.39 is 0 Å². The fraction of sp³-hybridized carbons (Fsp3) is 0.647. The maximum Gasteiger partial charge on any atom is 0.124 e. The zero-order chi connectivity index (χ0) is 14.7. The molecule has 2 nitrogen and oxygen atoms in total.